The van der Waals surface area contributed by atoms with Crippen molar-refractivity contribution < 1.29 is 32.6 Å². The molecular weight excluding hydrogens is 345 g/mol. The van der Waals surface area contributed by atoms with E-state index < -0.39 is 46.3 Å². The average Bonchev–Trinajstić information content (AvgIpc) is 2.90. The van der Waals surface area contributed by atoms with Crippen molar-refractivity contribution in [1.82, 2.24) is 9.55 Å². The van der Waals surface area contributed by atoms with E-state index in [1.165, 1.54) is 27.7 Å². The summed E-state index contributed by atoms with van der Waals surface area (Å²) in [5, 5.41) is 13.8. The smallest absolute Gasteiger partial charge is 0.443 e. The number of ether oxygens (including phenoxy) is 1. The van der Waals surface area contributed by atoms with Crippen LogP contribution in [0.1, 0.15) is 38.2 Å². The fraction of sp³-hybridized carbons (Fsp3) is 0.571. The molecule has 0 aromatic carbocycles. The lowest BCUT2D eigenvalue weighted by Gasteiger charge is -2.37. The molecule has 0 saturated carbocycles. The fourth-order valence-corrected chi connectivity index (χ4v) is 2.19. The van der Waals surface area contributed by atoms with Gasteiger partial charge in [-0.1, -0.05) is 20.8 Å². The molecule has 0 fully saturated rings. The fourth-order valence-electron chi connectivity index (χ4n) is 2.19. The number of anilines is 1. The molecular formula is C14H17F3N4O4. The van der Waals surface area contributed by atoms with Gasteiger partial charge in [0, 0.05) is 5.41 Å². The third-order valence-electron chi connectivity index (χ3n) is 3.48. The van der Waals surface area contributed by atoms with Gasteiger partial charge in [0.25, 0.3) is 5.72 Å². The Morgan fingerprint density at radius 3 is 2.44 bits per heavy atom. The van der Waals surface area contributed by atoms with Gasteiger partial charge in [0.2, 0.25) is 0 Å². The van der Waals surface area contributed by atoms with Crippen molar-refractivity contribution in [2.75, 3.05) is 12.0 Å². The maximum Gasteiger partial charge on any atom is 0.443 e. The quantitative estimate of drug-likeness (QED) is 0.793. The van der Waals surface area contributed by atoms with E-state index in [0.29, 0.717) is 6.33 Å². The first-order valence-corrected chi connectivity index (χ1v) is 7.28. The number of carbonyl (C=O) groups excluding carboxylic acids is 2. The highest BCUT2D eigenvalue weighted by Gasteiger charge is 2.64. The lowest BCUT2D eigenvalue weighted by atomic mass is 9.84. The molecule has 0 saturated heterocycles. The van der Waals surface area contributed by atoms with Crippen LogP contribution in [-0.4, -0.2) is 44.9 Å². The number of fused-ring (bicyclic) bond motifs is 1. The van der Waals surface area contributed by atoms with Gasteiger partial charge in [-0.2, -0.15) is 18.3 Å². The van der Waals surface area contributed by atoms with E-state index in [-0.39, 0.29) is 11.2 Å². The summed E-state index contributed by atoms with van der Waals surface area (Å²) in [6, 6.07) is 0. The van der Waals surface area contributed by atoms with Crippen LogP contribution in [0.25, 0.3) is 0 Å². The Balaban J connectivity index is 2.65. The second kappa shape index (κ2) is 5.83. The minimum Gasteiger partial charge on any atom is -0.461 e. The van der Waals surface area contributed by atoms with Crippen molar-refractivity contribution in [1.29, 1.82) is 0 Å². The van der Waals surface area contributed by atoms with Crippen LogP contribution in [0, 0.1) is 5.41 Å². The van der Waals surface area contributed by atoms with Crippen molar-refractivity contribution in [3.8, 4) is 0 Å². The zero-order chi connectivity index (χ0) is 19.2. The van der Waals surface area contributed by atoms with Crippen molar-refractivity contribution in [3.05, 3.63) is 12.0 Å². The van der Waals surface area contributed by atoms with Gasteiger partial charge in [0.15, 0.2) is 23.0 Å². The number of alkyl halides is 3. The molecule has 0 aliphatic carbocycles. The minimum absolute atomic E-state index is 0.0221. The highest BCUT2D eigenvalue weighted by molar-refractivity contribution is 6.44. The molecule has 138 valence electrons. The number of imidazole rings is 1. The summed E-state index contributed by atoms with van der Waals surface area (Å²) in [4.78, 5) is 27.7. The molecule has 2 N–H and O–H groups in total. The summed E-state index contributed by atoms with van der Waals surface area (Å²) < 4.78 is 46.0. The van der Waals surface area contributed by atoms with Crippen LogP contribution in [-0.2, 0) is 15.3 Å². The Hall–Kier alpha value is -2.43. The number of Topliss-reactive ketones (excluding diaryl/α,β-unsaturated/α-hetero) is 1. The predicted octanol–water partition coefficient (Wildman–Crippen LogP) is 1.66. The van der Waals surface area contributed by atoms with Gasteiger partial charge in [-0.25, -0.2) is 9.78 Å². The average molecular weight is 362 g/mol. The van der Waals surface area contributed by atoms with Crippen molar-refractivity contribution >= 4 is 23.3 Å². The summed E-state index contributed by atoms with van der Waals surface area (Å²) in [5.74, 6) is -2.53. The number of hydrogen-bond acceptors (Lipinski definition) is 7. The largest absolute Gasteiger partial charge is 0.461 e. The maximum absolute atomic E-state index is 13.7. The normalized spacial score (nSPS) is 20.4. The zero-order valence-corrected chi connectivity index (χ0v) is 13.9. The Bertz CT molecular complexity index is 748. The molecule has 1 aromatic heterocycles. The molecule has 0 spiro atoms. The first-order valence-electron chi connectivity index (χ1n) is 7.28. The molecule has 11 heteroatoms. The van der Waals surface area contributed by atoms with Gasteiger partial charge in [-0.15, -0.1) is 0 Å². The summed E-state index contributed by atoms with van der Waals surface area (Å²) in [5.41, 5.74) is -4.45. The first kappa shape index (κ1) is 18.9. The van der Waals surface area contributed by atoms with Gasteiger partial charge < -0.3 is 9.84 Å². The maximum atomic E-state index is 13.7. The van der Waals surface area contributed by atoms with Crippen LogP contribution in [0.2, 0.25) is 0 Å². The summed E-state index contributed by atoms with van der Waals surface area (Å²) >= 11 is 0. The summed E-state index contributed by atoms with van der Waals surface area (Å²) in [6.07, 6.45) is -4.69. The first-order chi connectivity index (χ1) is 11.4. The Labute approximate surface area is 140 Å². The second-order valence-electron chi connectivity index (χ2n) is 6.35. The lowest BCUT2D eigenvalue weighted by Crippen LogP contribution is -2.59. The molecule has 0 bridgehead atoms. The van der Waals surface area contributed by atoms with Crippen LogP contribution in [0.15, 0.2) is 11.4 Å². The number of aliphatic hydroxyl groups is 1. The van der Waals surface area contributed by atoms with E-state index >= 15 is 0 Å². The predicted molar refractivity (Wildman–Crippen MR) is 80.0 cm³/mol. The van der Waals surface area contributed by atoms with Gasteiger partial charge in [-0.05, 0) is 6.92 Å². The van der Waals surface area contributed by atoms with Crippen LogP contribution >= 0.6 is 0 Å². The Kier molecular flexibility index (Phi) is 4.41. The molecule has 0 amide bonds. The molecule has 25 heavy (non-hydrogen) atoms. The van der Waals surface area contributed by atoms with E-state index in [4.69, 9.17) is 4.74 Å². The highest BCUT2D eigenvalue weighted by Crippen LogP contribution is 2.42. The molecule has 1 aliphatic rings. The molecule has 2 rings (SSSR count). The summed E-state index contributed by atoms with van der Waals surface area (Å²) in [7, 11) is 0. The lowest BCUT2D eigenvalue weighted by molar-refractivity contribution is -0.264. The van der Waals surface area contributed by atoms with Gasteiger partial charge >= 0.3 is 12.1 Å². The minimum atomic E-state index is -5.30. The molecule has 1 unspecified atom stereocenters. The topological polar surface area (TPSA) is 106 Å². The van der Waals surface area contributed by atoms with E-state index in [0.717, 1.165) is 0 Å². The number of aromatic nitrogens is 2. The number of ketones is 1. The van der Waals surface area contributed by atoms with Gasteiger partial charge in [0.1, 0.15) is 6.33 Å². The van der Waals surface area contributed by atoms with E-state index in [9.17, 15) is 27.9 Å². The number of halogens is 3. The molecule has 1 atom stereocenters. The van der Waals surface area contributed by atoms with Crippen molar-refractivity contribution in [2.45, 2.75) is 39.6 Å². The monoisotopic (exact) mass is 362 g/mol. The third kappa shape index (κ3) is 2.88. The molecule has 8 nitrogen and oxygen atoms in total. The standard InChI is InChI=1S/C14H17F3N4O4/c1-5-25-11(23)7-10-20-19-8(9(22)12(2,3)4)13(24,14(15,16)17)21(10)6-18-7/h6,20,24H,5H2,1-4H3. The number of nitrogens with one attached hydrogen (secondary N) is 1. The van der Waals surface area contributed by atoms with Gasteiger partial charge in [0.05, 0.1) is 6.61 Å². The number of hydrazone groups is 1. The Morgan fingerprint density at radius 2 is 1.96 bits per heavy atom. The number of esters is 1. The Morgan fingerprint density at radius 1 is 1.36 bits per heavy atom. The molecule has 0 radical (unpaired) electrons. The number of rotatable bonds is 3. The molecule has 2 heterocycles. The number of carbonyl (C=O) groups is 2. The second-order valence-corrected chi connectivity index (χ2v) is 6.35. The van der Waals surface area contributed by atoms with Crippen LogP contribution in [0.3, 0.4) is 0 Å². The zero-order valence-electron chi connectivity index (χ0n) is 13.9. The van der Waals surface area contributed by atoms with Crippen molar-refractivity contribution in [3.63, 3.8) is 0 Å². The number of hydrogen-bond donors (Lipinski definition) is 2. The highest BCUT2D eigenvalue weighted by atomic mass is 19.4. The summed E-state index contributed by atoms with van der Waals surface area (Å²) in [6.45, 7) is 5.66. The van der Waals surface area contributed by atoms with Crippen LogP contribution < -0.4 is 5.43 Å². The van der Waals surface area contributed by atoms with Crippen LogP contribution in [0.4, 0.5) is 19.0 Å². The van der Waals surface area contributed by atoms with Crippen molar-refractivity contribution in [2.24, 2.45) is 10.5 Å². The third-order valence-corrected chi connectivity index (χ3v) is 3.48. The van der Waals surface area contributed by atoms with Crippen LogP contribution in [0.5, 0.6) is 0 Å². The molecule has 1 aromatic rings. The van der Waals surface area contributed by atoms with Gasteiger partial charge in [-0.3, -0.25) is 14.8 Å². The molecule has 1 aliphatic heterocycles. The number of nitrogens with zero attached hydrogens (tertiary/aromatic N) is 3. The van der Waals surface area contributed by atoms with E-state index in [2.05, 4.69) is 15.5 Å². The SMILES string of the molecule is CCOC(=O)c1ncn2c1NN=C(C(=O)C(C)(C)C)C2(O)C(F)(F)F. The van der Waals surface area contributed by atoms with E-state index in [1.807, 2.05) is 0 Å². The van der Waals surface area contributed by atoms with E-state index in [1.54, 1.807) is 0 Å².